The summed E-state index contributed by atoms with van der Waals surface area (Å²) >= 11 is 0. The lowest BCUT2D eigenvalue weighted by Crippen LogP contribution is -2.60. The molecule has 35 heavy (non-hydrogen) atoms. The SMILES string of the molecule is CC(C)=C1C2CC3(CC1C(C)(C)C1=CC4(C[C@H]12)C(=O)OC(C)(C)OC4=O)C(=O)OC(C)(C)OC3=O. The molecule has 3 aliphatic carbocycles. The molecule has 0 aromatic heterocycles. The van der Waals surface area contributed by atoms with Gasteiger partial charge in [0.15, 0.2) is 10.8 Å². The third kappa shape index (κ3) is 3.10. The van der Waals surface area contributed by atoms with Gasteiger partial charge in [0.05, 0.1) is 0 Å². The number of cyclic esters (lactones) is 4. The third-order valence-electron chi connectivity index (χ3n) is 8.78. The summed E-state index contributed by atoms with van der Waals surface area (Å²) in [7, 11) is 0. The smallest absolute Gasteiger partial charge is 0.330 e. The topological polar surface area (TPSA) is 105 Å². The van der Waals surface area contributed by atoms with E-state index in [-0.39, 0.29) is 37.0 Å². The maximum atomic E-state index is 13.4. The fourth-order valence-electron chi connectivity index (χ4n) is 7.22. The van der Waals surface area contributed by atoms with Gasteiger partial charge in [0.1, 0.15) is 0 Å². The molecule has 0 radical (unpaired) electrons. The van der Waals surface area contributed by atoms with Gasteiger partial charge in [-0.1, -0.05) is 36.6 Å². The molecule has 2 saturated carbocycles. The van der Waals surface area contributed by atoms with Gasteiger partial charge < -0.3 is 18.9 Å². The summed E-state index contributed by atoms with van der Waals surface area (Å²) in [5, 5.41) is 0. The molecule has 2 heterocycles. The van der Waals surface area contributed by atoms with Gasteiger partial charge >= 0.3 is 23.9 Å². The predicted molar refractivity (Wildman–Crippen MR) is 122 cm³/mol. The van der Waals surface area contributed by atoms with E-state index in [2.05, 4.69) is 13.8 Å². The number of fused-ring (bicyclic) bond motifs is 4. The van der Waals surface area contributed by atoms with Crippen molar-refractivity contribution in [3.8, 4) is 0 Å². The van der Waals surface area contributed by atoms with E-state index < -0.39 is 51.7 Å². The van der Waals surface area contributed by atoms with Gasteiger partial charge in [-0.05, 0) is 56.3 Å². The van der Waals surface area contributed by atoms with Crippen molar-refractivity contribution in [3.05, 3.63) is 22.8 Å². The number of carbonyl (C=O) groups excluding carboxylic acids is 4. The summed E-state index contributed by atoms with van der Waals surface area (Å²) in [6.45, 7) is 14.4. The maximum absolute atomic E-state index is 13.4. The minimum atomic E-state index is -1.53. The molecule has 0 aromatic carbocycles. The minimum Gasteiger partial charge on any atom is -0.422 e. The van der Waals surface area contributed by atoms with E-state index in [0.29, 0.717) is 0 Å². The van der Waals surface area contributed by atoms with Crippen LogP contribution in [0.15, 0.2) is 22.8 Å². The Bertz CT molecular complexity index is 1090. The van der Waals surface area contributed by atoms with Gasteiger partial charge in [-0.2, -0.15) is 0 Å². The van der Waals surface area contributed by atoms with E-state index in [1.54, 1.807) is 19.9 Å². The highest BCUT2D eigenvalue weighted by Gasteiger charge is 2.69. The standard InChI is InChI=1S/C27H34O8/c1-13(2)18-15-10-27(21(30)34-25(7,8)35-22(27)31)12-17(18)23(3,4)16-11-26(9-14(15)16)19(28)32-24(5,6)33-20(26)29/h11,14-15,17H,9-10,12H2,1-8H3/t14-,15?,17?/m0/s1. The summed E-state index contributed by atoms with van der Waals surface area (Å²) in [5.74, 6) is -5.62. The van der Waals surface area contributed by atoms with Crippen LogP contribution in [0.25, 0.3) is 0 Å². The molecule has 2 saturated heterocycles. The Morgan fingerprint density at radius 3 is 1.69 bits per heavy atom. The minimum absolute atomic E-state index is 0.169. The highest BCUT2D eigenvalue weighted by atomic mass is 16.8. The summed E-state index contributed by atoms with van der Waals surface area (Å²) in [6, 6.07) is 0. The van der Waals surface area contributed by atoms with Crippen molar-refractivity contribution < 1.29 is 38.1 Å². The summed E-state index contributed by atoms with van der Waals surface area (Å²) in [4.78, 5) is 53.3. The van der Waals surface area contributed by atoms with Crippen LogP contribution < -0.4 is 0 Å². The molecular weight excluding hydrogens is 452 g/mol. The van der Waals surface area contributed by atoms with Gasteiger partial charge in [0.25, 0.3) is 11.6 Å². The second-order valence-corrected chi connectivity index (χ2v) is 12.6. The second kappa shape index (κ2) is 6.77. The van der Waals surface area contributed by atoms with E-state index in [9.17, 15) is 19.2 Å². The van der Waals surface area contributed by atoms with Crippen LogP contribution in [-0.2, 0) is 38.1 Å². The molecule has 2 spiro atoms. The quantitative estimate of drug-likeness (QED) is 0.288. The van der Waals surface area contributed by atoms with Gasteiger partial charge in [0.2, 0.25) is 0 Å². The Morgan fingerprint density at radius 2 is 1.20 bits per heavy atom. The van der Waals surface area contributed by atoms with Gasteiger partial charge in [0, 0.05) is 27.7 Å². The van der Waals surface area contributed by atoms with Gasteiger partial charge in [-0.25, -0.2) is 0 Å². The number of hydrogen-bond acceptors (Lipinski definition) is 8. The van der Waals surface area contributed by atoms with Crippen molar-refractivity contribution in [2.45, 2.75) is 86.2 Å². The molecule has 5 aliphatic rings. The molecule has 190 valence electrons. The van der Waals surface area contributed by atoms with Crippen molar-refractivity contribution in [1.82, 2.24) is 0 Å². The average molecular weight is 487 g/mol. The highest BCUT2D eigenvalue weighted by Crippen LogP contribution is 2.68. The maximum Gasteiger partial charge on any atom is 0.330 e. The normalized spacial score (nSPS) is 34.9. The van der Waals surface area contributed by atoms with Crippen LogP contribution in [0.2, 0.25) is 0 Å². The molecule has 0 amide bonds. The van der Waals surface area contributed by atoms with Crippen molar-refractivity contribution in [3.63, 3.8) is 0 Å². The first-order chi connectivity index (χ1) is 16.0. The third-order valence-corrected chi connectivity index (χ3v) is 8.78. The molecule has 8 nitrogen and oxygen atoms in total. The number of rotatable bonds is 0. The van der Waals surface area contributed by atoms with E-state index in [1.807, 2.05) is 13.8 Å². The zero-order chi connectivity index (χ0) is 25.9. The van der Waals surface area contributed by atoms with E-state index in [1.165, 1.54) is 19.4 Å². The number of allylic oxidation sites excluding steroid dienone is 3. The molecule has 3 atom stereocenters. The summed E-state index contributed by atoms with van der Waals surface area (Å²) in [5.41, 5.74) is -0.193. The molecule has 5 rings (SSSR count). The first kappa shape index (κ1) is 24.1. The monoisotopic (exact) mass is 486 g/mol. The van der Waals surface area contributed by atoms with Crippen LogP contribution in [0, 0.1) is 34.0 Å². The summed E-state index contributed by atoms with van der Waals surface area (Å²) in [6.07, 6.45) is 2.41. The van der Waals surface area contributed by atoms with Crippen LogP contribution in [0.5, 0.6) is 0 Å². The fourth-order valence-corrected chi connectivity index (χ4v) is 7.22. The van der Waals surface area contributed by atoms with Crippen LogP contribution in [0.3, 0.4) is 0 Å². The van der Waals surface area contributed by atoms with Crippen molar-refractivity contribution >= 4 is 23.9 Å². The Kier molecular flexibility index (Phi) is 4.65. The molecule has 2 bridgehead atoms. The van der Waals surface area contributed by atoms with Crippen LogP contribution in [0.4, 0.5) is 0 Å². The molecule has 2 unspecified atom stereocenters. The Labute approximate surface area is 205 Å². The Hall–Kier alpha value is -2.64. The first-order valence-corrected chi connectivity index (χ1v) is 12.3. The fraction of sp³-hybridized carbons (Fsp3) is 0.704. The van der Waals surface area contributed by atoms with E-state index in [4.69, 9.17) is 18.9 Å². The Balaban J connectivity index is 1.63. The predicted octanol–water partition coefficient (Wildman–Crippen LogP) is 3.98. The lowest BCUT2D eigenvalue weighted by molar-refractivity contribution is -0.257. The zero-order valence-corrected chi connectivity index (χ0v) is 21.7. The van der Waals surface area contributed by atoms with Crippen LogP contribution in [-0.4, -0.2) is 35.5 Å². The first-order valence-electron chi connectivity index (χ1n) is 12.3. The molecule has 2 aliphatic heterocycles. The largest absolute Gasteiger partial charge is 0.422 e. The number of esters is 4. The number of ether oxygens (including phenoxy) is 4. The zero-order valence-electron chi connectivity index (χ0n) is 21.7. The van der Waals surface area contributed by atoms with Crippen molar-refractivity contribution in [2.75, 3.05) is 0 Å². The summed E-state index contributed by atoms with van der Waals surface area (Å²) < 4.78 is 22.2. The highest BCUT2D eigenvalue weighted by molar-refractivity contribution is 6.05. The van der Waals surface area contributed by atoms with Crippen LogP contribution in [0.1, 0.15) is 74.7 Å². The van der Waals surface area contributed by atoms with Crippen molar-refractivity contribution in [2.24, 2.45) is 34.0 Å². The van der Waals surface area contributed by atoms with Crippen molar-refractivity contribution in [1.29, 1.82) is 0 Å². The average Bonchev–Trinajstić information content (AvgIpc) is 3.11. The molecule has 0 aromatic rings. The molecule has 8 heteroatoms. The second-order valence-electron chi connectivity index (χ2n) is 12.6. The van der Waals surface area contributed by atoms with E-state index in [0.717, 1.165) is 11.1 Å². The Morgan fingerprint density at radius 1 is 0.714 bits per heavy atom. The van der Waals surface area contributed by atoms with Gasteiger partial charge in [-0.3, -0.25) is 19.2 Å². The lowest BCUT2D eigenvalue weighted by atomic mass is 9.46. The lowest BCUT2D eigenvalue weighted by Gasteiger charge is -2.58. The number of carbonyl (C=O) groups is 4. The van der Waals surface area contributed by atoms with Gasteiger partial charge in [-0.15, -0.1) is 0 Å². The van der Waals surface area contributed by atoms with E-state index >= 15 is 0 Å². The number of hydrogen-bond donors (Lipinski definition) is 0. The molecule has 4 fully saturated rings. The molecule has 0 N–H and O–H groups in total. The van der Waals surface area contributed by atoms with Crippen LogP contribution >= 0.6 is 0 Å². The molecular formula is C27H34O8.